The first-order valence-electron chi connectivity index (χ1n) is 11.9. The zero-order valence-electron chi connectivity index (χ0n) is 19.5. The zero-order valence-corrected chi connectivity index (χ0v) is 21.1. The van der Waals surface area contributed by atoms with Gasteiger partial charge in [0.15, 0.2) is 4.80 Å². The molecule has 3 heterocycles. The van der Waals surface area contributed by atoms with Crippen LogP contribution in [0.1, 0.15) is 31.2 Å². The molecule has 0 atom stereocenters. The Morgan fingerprint density at radius 2 is 1.71 bits per heavy atom. The molecule has 0 spiro atoms. The van der Waals surface area contributed by atoms with Crippen LogP contribution >= 0.6 is 11.3 Å². The Morgan fingerprint density at radius 3 is 2.46 bits per heavy atom. The summed E-state index contributed by atoms with van der Waals surface area (Å²) in [5.41, 5.74) is 3.71. The zero-order chi connectivity index (χ0) is 24.1. The molecule has 1 aliphatic rings. The second-order valence-electron chi connectivity index (χ2n) is 8.64. The number of pyridine rings is 1. The molecule has 8 heteroatoms. The van der Waals surface area contributed by atoms with Gasteiger partial charge >= 0.3 is 0 Å². The van der Waals surface area contributed by atoms with Crippen molar-refractivity contribution in [2.24, 2.45) is 4.99 Å². The number of para-hydroxylation sites is 1. The highest BCUT2D eigenvalue weighted by Gasteiger charge is 2.25. The number of rotatable bonds is 6. The van der Waals surface area contributed by atoms with Gasteiger partial charge in [-0.05, 0) is 48.7 Å². The summed E-state index contributed by atoms with van der Waals surface area (Å²) in [5.74, 6) is 0. The second kappa shape index (κ2) is 10.7. The number of thiazole rings is 1. The van der Waals surface area contributed by atoms with Crippen molar-refractivity contribution in [1.82, 2.24) is 13.9 Å². The maximum atomic E-state index is 13.4. The predicted molar refractivity (Wildman–Crippen MR) is 140 cm³/mol. The Hall–Kier alpha value is -3.07. The molecule has 0 bridgehead atoms. The summed E-state index contributed by atoms with van der Waals surface area (Å²) >= 11 is 1.55. The normalized spacial score (nSPS) is 15.7. The average molecular weight is 505 g/mol. The lowest BCUT2D eigenvalue weighted by atomic mass is 10.1. The lowest BCUT2D eigenvalue weighted by Crippen LogP contribution is -2.31. The standard InChI is InChI=1S/C27H28N4O2S2/c32-35(33,30-16-6-1-2-7-17-30)25-14-8-11-23(18-25)26-21-34-27(29-24-12-4-3-5-13-24)31(26)20-22-10-9-15-28-19-22/h3-5,8-15,18-19,21H,1-2,6-7,16-17,20H2. The third-order valence-corrected chi connectivity index (χ3v) is 8.93. The van der Waals surface area contributed by atoms with Crippen LogP contribution in [0.4, 0.5) is 5.69 Å². The van der Waals surface area contributed by atoms with Gasteiger partial charge in [-0.2, -0.15) is 4.31 Å². The molecule has 0 unspecified atom stereocenters. The van der Waals surface area contributed by atoms with Crippen LogP contribution in [0.25, 0.3) is 11.3 Å². The molecule has 0 saturated carbocycles. The summed E-state index contributed by atoms with van der Waals surface area (Å²) in [6.45, 7) is 1.76. The summed E-state index contributed by atoms with van der Waals surface area (Å²) in [7, 11) is -3.54. The van der Waals surface area contributed by atoms with Crippen molar-refractivity contribution in [2.75, 3.05) is 13.1 Å². The van der Waals surface area contributed by atoms with E-state index in [1.165, 1.54) is 0 Å². The molecule has 1 fully saturated rings. The number of nitrogens with zero attached hydrogens (tertiary/aromatic N) is 4. The highest BCUT2D eigenvalue weighted by molar-refractivity contribution is 7.89. The lowest BCUT2D eigenvalue weighted by molar-refractivity contribution is 0.424. The summed E-state index contributed by atoms with van der Waals surface area (Å²) in [4.78, 5) is 10.3. The summed E-state index contributed by atoms with van der Waals surface area (Å²) in [5, 5.41) is 2.05. The molecule has 5 rings (SSSR count). The van der Waals surface area contributed by atoms with E-state index in [9.17, 15) is 8.42 Å². The van der Waals surface area contributed by atoms with Gasteiger partial charge in [0.2, 0.25) is 10.0 Å². The number of hydrogen-bond acceptors (Lipinski definition) is 5. The maximum Gasteiger partial charge on any atom is 0.243 e. The average Bonchev–Trinajstić information content (AvgIpc) is 3.08. The van der Waals surface area contributed by atoms with E-state index in [-0.39, 0.29) is 0 Å². The second-order valence-corrected chi connectivity index (χ2v) is 11.4. The molecule has 2 aromatic carbocycles. The molecule has 1 aliphatic heterocycles. The van der Waals surface area contributed by atoms with Crippen LogP contribution in [0, 0.1) is 0 Å². The van der Waals surface area contributed by atoms with E-state index in [0.29, 0.717) is 24.5 Å². The first kappa shape index (κ1) is 23.7. The number of benzene rings is 2. The Kier molecular flexibility index (Phi) is 7.22. The fourth-order valence-corrected chi connectivity index (χ4v) is 6.83. The van der Waals surface area contributed by atoms with Gasteiger partial charge in [0.05, 0.1) is 22.8 Å². The Balaban J connectivity index is 1.57. The minimum absolute atomic E-state index is 0.345. The van der Waals surface area contributed by atoms with Crippen LogP contribution < -0.4 is 4.80 Å². The highest BCUT2D eigenvalue weighted by atomic mass is 32.2. The van der Waals surface area contributed by atoms with E-state index in [1.807, 2.05) is 60.8 Å². The van der Waals surface area contributed by atoms with E-state index in [4.69, 9.17) is 4.99 Å². The van der Waals surface area contributed by atoms with E-state index in [0.717, 1.165) is 53.0 Å². The third-order valence-electron chi connectivity index (χ3n) is 6.17. The summed E-state index contributed by atoms with van der Waals surface area (Å²) in [6, 6.07) is 21.1. The predicted octanol–water partition coefficient (Wildman–Crippen LogP) is 5.46. The van der Waals surface area contributed by atoms with Gasteiger partial charge in [0.1, 0.15) is 0 Å². The highest BCUT2D eigenvalue weighted by Crippen LogP contribution is 2.27. The summed E-state index contributed by atoms with van der Waals surface area (Å²) < 4.78 is 30.7. The fraction of sp³-hybridized carbons (Fsp3) is 0.259. The number of sulfonamides is 1. The van der Waals surface area contributed by atoms with Crippen LogP contribution in [0.15, 0.2) is 94.4 Å². The molecule has 0 radical (unpaired) electrons. The molecular weight excluding hydrogens is 476 g/mol. The van der Waals surface area contributed by atoms with E-state index < -0.39 is 10.0 Å². The van der Waals surface area contributed by atoms with Gasteiger partial charge in [-0.1, -0.05) is 49.2 Å². The molecule has 0 aliphatic carbocycles. The molecular formula is C27H28N4O2S2. The van der Waals surface area contributed by atoms with Gasteiger partial charge in [-0.3, -0.25) is 4.98 Å². The van der Waals surface area contributed by atoms with E-state index in [1.54, 1.807) is 34.0 Å². The van der Waals surface area contributed by atoms with Gasteiger partial charge in [-0.15, -0.1) is 11.3 Å². The first-order chi connectivity index (χ1) is 17.1. The fourth-order valence-electron chi connectivity index (χ4n) is 4.34. The van der Waals surface area contributed by atoms with E-state index >= 15 is 0 Å². The van der Waals surface area contributed by atoms with Gasteiger partial charge in [-0.25, -0.2) is 13.4 Å². The minimum Gasteiger partial charge on any atom is -0.312 e. The largest absolute Gasteiger partial charge is 0.312 e. The number of hydrogen-bond donors (Lipinski definition) is 0. The monoisotopic (exact) mass is 504 g/mol. The van der Waals surface area contributed by atoms with E-state index in [2.05, 4.69) is 14.9 Å². The molecule has 0 amide bonds. The van der Waals surface area contributed by atoms with Crippen LogP contribution in [0.3, 0.4) is 0 Å². The van der Waals surface area contributed by atoms with Gasteiger partial charge in [0.25, 0.3) is 0 Å². The van der Waals surface area contributed by atoms with Gasteiger partial charge in [0, 0.05) is 36.4 Å². The van der Waals surface area contributed by atoms with Crippen LogP contribution in [-0.4, -0.2) is 35.4 Å². The van der Waals surface area contributed by atoms with Crippen molar-refractivity contribution < 1.29 is 8.42 Å². The number of aromatic nitrogens is 2. The molecule has 2 aromatic heterocycles. The molecule has 6 nitrogen and oxygen atoms in total. The van der Waals surface area contributed by atoms with Crippen molar-refractivity contribution in [2.45, 2.75) is 37.1 Å². The molecule has 180 valence electrons. The van der Waals surface area contributed by atoms with Crippen molar-refractivity contribution in [3.05, 3.63) is 94.9 Å². The molecule has 1 saturated heterocycles. The van der Waals surface area contributed by atoms with Crippen LogP contribution in [0.5, 0.6) is 0 Å². The van der Waals surface area contributed by atoms with Crippen molar-refractivity contribution in [3.8, 4) is 11.3 Å². The Bertz CT molecular complexity index is 1440. The quantitative estimate of drug-likeness (QED) is 0.350. The van der Waals surface area contributed by atoms with Crippen LogP contribution in [-0.2, 0) is 16.6 Å². The smallest absolute Gasteiger partial charge is 0.243 e. The Labute approximate surface area is 210 Å². The first-order valence-corrected chi connectivity index (χ1v) is 14.2. The van der Waals surface area contributed by atoms with Crippen LogP contribution in [0.2, 0.25) is 0 Å². The molecule has 4 aromatic rings. The van der Waals surface area contributed by atoms with Crippen molar-refractivity contribution in [1.29, 1.82) is 0 Å². The lowest BCUT2D eigenvalue weighted by Gasteiger charge is -2.20. The third kappa shape index (κ3) is 5.45. The minimum atomic E-state index is -3.54. The summed E-state index contributed by atoms with van der Waals surface area (Å²) in [6.07, 6.45) is 7.61. The topological polar surface area (TPSA) is 67.6 Å². The SMILES string of the molecule is O=S(=O)(c1cccc(-c2csc(=Nc3ccccc3)n2Cc2cccnc2)c1)N1CCCCCC1. The molecule has 0 N–H and O–H groups in total. The Morgan fingerprint density at radius 1 is 0.914 bits per heavy atom. The van der Waals surface area contributed by atoms with Gasteiger partial charge < -0.3 is 4.57 Å². The molecule has 35 heavy (non-hydrogen) atoms. The van der Waals surface area contributed by atoms with Crippen molar-refractivity contribution in [3.63, 3.8) is 0 Å². The maximum absolute atomic E-state index is 13.4. The van der Waals surface area contributed by atoms with Crippen molar-refractivity contribution >= 4 is 27.0 Å².